The zero-order chi connectivity index (χ0) is 14.5. The molecule has 4 heteroatoms. The summed E-state index contributed by atoms with van der Waals surface area (Å²) >= 11 is 0. The van der Waals surface area contributed by atoms with Gasteiger partial charge in [0.1, 0.15) is 0 Å². The Morgan fingerprint density at radius 2 is 2.10 bits per heavy atom. The molecule has 0 spiro atoms. The Kier molecular flexibility index (Phi) is 5.61. The van der Waals surface area contributed by atoms with Crippen molar-refractivity contribution >= 4 is 0 Å². The summed E-state index contributed by atoms with van der Waals surface area (Å²) in [6.45, 7) is 4.44. The first kappa shape index (κ1) is 15.5. The molecule has 2 rings (SSSR count). The molecule has 4 nitrogen and oxygen atoms in total. The van der Waals surface area contributed by atoms with E-state index in [9.17, 15) is 0 Å². The highest BCUT2D eigenvalue weighted by atomic mass is 16.5. The van der Waals surface area contributed by atoms with Gasteiger partial charge in [-0.3, -0.25) is 4.68 Å². The number of aromatic nitrogens is 2. The lowest BCUT2D eigenvalue weighted by molar-refractivity contribution is 0.0531. The van der Waals surface area contributed by atoms with Gasteiger partial charge in [0.2, 0.25) is 0 Å². The van der Waals surface area contributed by atoms with Crippen LogP contribution in [0.5, 0.6) is 0 Å². The van der Waals surface area contributed by atoms with E-state index in [1.807, 2.05) is 14.2 Å². The van der Waals surface area contributed by atoms with Gasteiger partial charge < -0.3 is 10.1 Å². The summed E-state index contributed by atoms with van der Waals surface area (Å²) in [5, 5.41) is 8.17. The van der Waals surface area contributed by atoms with E-state index in [0.717, 1.165) is 25.2 Å². The maximum atomic E-state index is 5.70. The number of hydrogen-bond acceptors (Lipinski definition) is 3. The van der Waals surface area contributed by atoms with Gasteiger partial charge in [-0.25, -0.2) is 0 Å². The molecule has 0 aromatic carbocycles. The van der Waals surface area contributed by atoms with Crippen molar-refractivity contribution in [2.45, 2.75) is 64.1 Å². The Labute approximate surface area is 122 Å². The fourth-order valence-corrected chi connectivity index (χ4v) is 3.07. The van der Waals surface area contributed by atoms with Crippen LogP contribution in [0.15, 0.2) is 12.3 Å². The molecule has 20 heavy (non-hydrogen) atoms. The Morgan fingerprint density at radius 3 is 2.60 bits per heavy atom. The minimum atomic E-state index is 0.318. The minimum absolute atomic E-state index is 0.318. The third kappa shape index (κ3) is 3.61. The van der Waals surface area contributed by atoms with E-state index < -0.39 is 0 Å². The maximum Gasteiger partial charge on any atom is 0.0756 e. The van der Waals surface area contributed by atoms with Crippen LogP contribution < -0.4 is 5.32 Å². The molecule has 1 aromatic rings. The number of methoxy groups -OCH3 is 1. The molecular weight excluding hydrogens is 250 g/mol. The largest absolute Gasteiger partial charge is 0.380 e. The third-order valence-corrected chi connectivity index (χ3v) is 4.54. The van der Waals surface area contributed by atoms with Crippen LogP contribution in [-0.4, -0.2) is 36.1 Å². The molecule has 1 aliphatic carbocycles. The molecule has 1 aromatic heterocycles. The van der Waals surface area contributed by atoms with Gasteiger partial charge in [0.05, 0.1) is 17.8 Å². The van der Waals surface area contributed by atoms with Crippen molar-refractivity contribution < 1.29 is 4.74 Å². The van der Waals surface area contributed by atoms with E-state index in [-0.39, 0.29) is 0 Å². The number of rotatable bonds is 9. The second kappa shape index (κ2) is 7.23. The van der Waals surface area contributed by atoms with Crippen molar-refractivity contribution in [3.63, 3.8) is 0 Å². The zero-order valence-electron chi connectivity index (χ0n) is 13.3. The van der Waals surface area contributed by atoms with E-state index in [4.69, 9.17) is 9.84 Å². The molecule has 114 valence electrons. The highest BCUT2D eigenvalue weighted by molar-refractivity contribution is 5.05. The van der Waals surface area contributed by atoms with E-state index in [1.165, 1.54) is 18.5 Å². The third-order valence-electron chi connectivity index (χ3n) is 4.54. The van der Waals surface area contributed by atoms with Crippen molar-refractivity contribution in [3.05, 3.63) is 18.0 Å². The van der Waals surface area contributed by atoms with Crippen LogP contribution in [0.3, 0.4) is 0 Å². The molecule has 1 heterocycles. The molecule has 0 saturated heterocycles. The molecule has 0 radical (unpaired) electrons. The Hall–Kier alpha value is -0.870. The molecule has 0 bridgehead atoms. The van der Waals surface area contributed by atoms with Crippen LogP contribution in [0.4, 0.5) is 0 Å². The van der Waals surface area contributed by atoms with Crippen molar-refractivity contribution in [2.75, 3.05) is 14.2 Å². The molecule has 1 saturated carbocycles. The van der Waals surface area contributed by atoms with Gasteiger partial charge in [0.25, 0.3) is 0 Å². The van der Waals surface area contributed by atoms with Gasteiger partial charge >= 0.3 is 0 Å². The monoisotopic (exact) mass is 279 g/mol. The summed E-state index contributed by atoms with van der Waals surface area (Å²) in [4.78, 5) is 0. The first-order valence-corrected chi connectivity index (χ1v) is 7.97. The van der Waals surface area contributed by atoms with Gasteiger partial charge in [-0.1, -0.05) is 13.8 Å². The minimum Gasteiger partial charge on any atom is -0.380 e. The first-order valence-electron chi connectivity index (χ1n) is 7.97. The van der Waals surface area contributed by atoms with Crippen LogP contribution >= 0.6 is 0 Å². The van der Waals surface area contributed by atoms with Crippen LogP contribution in [0.1, 0.15) is 51.3 Å². The van der Waals surface area contributed by atoms with Crippen LogP contribution in [-0.2, 0) is 11.2 Å². The molecule has 1 aliphatic rings. The van der Waals surface area contributed by atoms with Crippen LogP contribution in [0.2, 0.25) is 0 Å². The zero-order valence-corrected chi connectivity index (χ0v) is 13.3. The summed E-state index contributed by atoms with van der Waals surface area (Å²) in [6, 6.07) is 3.04. The lowest BCUT2D eigenvalue weighted by Crippen LogP contribution is -2.42. The number of likely N-dealkylation sites (N-methyl/N-ethyl adjacent to an activating group) is 1. The van der Waals surface area contributed by atoms with Gasteiger partial charge in [0, 0.05) is 25.8 Å². The predicted molar refractivity (Wildman–Crippen MR) is 81.9 cm³/mol. The molecule has 1 N–H and O–H groups in total. The molecule has 0 amide bonds. The topological polar surface area (TPSA) is 39.1 Å². The quantitative estimate of drug-likeness (QED) is 0.755. The number of nitrogens with one attached hydrogen (secondary N) is 1. The van der Waals surface area contributed by atoms with E-state index in [0.29, 0.717) is 18.2 Å². The summed E-state index contributed by atoms with van der Waals surface area (Å²) in [5.41, 5.74) is 1.17. The predicted octanol–water partition coefficient (Wildman–Crippen LogP) is 2.80. The van der Waals surface area contributed by atoms with Gasteiger partial charge in [-0.05, 0) is 44.7 Å². The summed E-state index contributed by atoms with van der Waals surface area (Å²) in [7, 11) is 3.85. The Bertz CT molecular complexity index is 396. The van der Waals surface area contributed by atoms with E-state index in [2.05, 4.69) is 36.1 Å². The average molecular weight is 279 g/mol. The maximum absolute atomic E-state index is 5.70. The lowest BCUT2D eigenvalue weighted by Gasteiger charge is -2.25. The van der Waals surface area contributed by atoms with Crippen molar-refractivity contribution in [3.8, 4) is 0 Å². The molecular formula is C16H29N3O. The lowest BCUT2D eigenvalue weighted by atomic mass is 10.0. The summed E-state index contributed by atoms with van der Waals surface area (Å²) in [6.07, 6.45) is 8.26. The first-order chi connectivity index (χ1) is 9.73. The second-order valence-electron chi connectivity index (χ2n) is 5.89. The fraction of sp³-hybridized carbons (Fsp3) is 0.812. The SMILES string of the molecule is CCC(CC)n1ccc(CC(NC)C(OC)C2CC2)n1. The van der Waals surface area contributed by atoms with Crippen molar-refractivity contribution in [1.82, 2.24) is 15.1 Å². The number of hydrogen-bond donors (Lipinski definition) is 1. The standard InChI is InChI=1S/C16H29N3O/c1-5-14(6-2)19-10-9-13(18-19)11-15(17-3)16(20-4)12-7-8-12/h9-10,12,14-17H,5-8,11H2,1-4H3. The van der Waals surface area contributed by atoms with Gasteiger partial charge in [-0.2, -0.15) is 5.10 Å². The van der Waals surface area contributed by atoms with Gasteiger partial charge in [-0.15, -0.1) is 0 Å². The highest BCUT2D eigenvalue weighted by Crippen LogP contribution is 2.36. The summed E-state index contributed by atoms with van der Waals surface area (Å²) < 4.78 is 7.82. The van der Waals surface area contributed by atoms with E-state index in [1.54, 1.807) is 0 Å². The number of ether oxygens (including phenoxy) is 1. The Morgan fingerprint density at radius 1 is 1.40 bits per heavy atom. The molecule has 0 aliphatic heterocycles. The highest BCUT2D eigenvalue weighted by Gasteiger charge is 2.36. The molecule has 2 atom stereocenters. The van der Waals surface area contributed by atoms with Crippen LogP contribution in [0, 0.1) is 5.92 Å². The normalized spacial score (nSPS) is 18.4. The number of nitrogens with zero attached hydrogens (tertiary/aromatic N) is 2. The van der Waals surface area contributed by atoms with Crippen molar-refractivity contribution in [2.24, 2.45) is 5.92 Å². The fourth-order valence-electron chi connectivity index (χ4n) is 3.07. The van der Waals surface area contributed by atoms with E-state index >= 15 is 0 Å². The molecule has 1 fully saturated rings. The second-order valence-corrected chi connectivity index (χ2v) is 5.89. The van der Waals surface area contributed by atoms with Crippen LogP contribution in [0.25, 0.3) is 0 Å². The molecule has 2 unspecified atom stereocenters. The summed E-state index contributed by atoms with van der Waals surface area (Å²) in [5.74, 6) is 0.735. The van der Waals surface area contributed by atoms with Gasteiger partial charge in [0.15, 0.2) is 0 Å². The van der Waals surface area contributed by atoms with Crippen molar-refractivity contribution in [1.29, 1.82) is 0 Å². The smallest absolute Gasteiger partial charge is 0.0756 e. The Balaban J connectivity index is 2.00. The average Bonchev–Trinajstić information content (AvgIpc) is 3.20.